The van der Waals surface area contributed by atoms with Gasteiger partial charge in [-0.15, -0.1) is 6.58 Å². The van der Waals surface area contributed by atoms with E-state index in [0.29, 0.717) is 57.9 Å². The second-order valence-corrected chi connectivity index (χ2v) is 9.03. The Morgan fingerprint density at radius 3 is 2.50 bits per heavy atom. The summed E-state index contributed by atoms with van der Waals surface area (Å²) in [5.41, 5.74) is 1.12. The number of thioether (sulfide) groups is 1. The van der Waals surface area contributed by atoms with Gasteiger partial charge in [0.05, 0.1) is 51.7 Å². The Morgan fingerprint density at radius 2 is 1.77 bits per heavy atom. The number of unbranched alkanes of at least 4 members (excludes halogenated alkanes) is 1. The number of fused-ring (bicyclic) bond motifs is 1. The minimum Gasteiger partial charge on any atom is -0.379 e. The average molecular weight is 444 g/mol. The zero-order chi connectivity index (χ0) is 21.6. The van der Waals surface area contributed by atoms with E-state index in [2.05, 4.69) is 22.5 Å². The molecular formula is C21H37N3O5S. The molecule has 172 valence electrons. The molecule has 0 spiro atoms. The van der Waals surface area contributed by atoms with Gasteiger partial charge in [0.15, 0.2) is 0 Å². The number of hydrogen-bond donors (Lipinski definition) is 3. The number of amides is 3. The van der Waals surface area contributed by atoms with Crippen LogP contribution < -0.4 is 16.0 Å². The van der Waals surface area contributed by atoms with Crippen molar-refractivity contribution in [3.8, 4) is 0 Å². The number of urea groups is 1. The van der Waals surface area contributed by atoms with E-state index in [1.54, 1.807) is 0 Å². The van der Waals surface area contributed by atoms with Crippen LogP contribution in [0.2, 0.25) is 0 Å². The Balaban J connectivity index is 1.32. The molecule has 3 N–H and O–H groups in total. The summed E-state index contributed by atoms with van der Waals surface area (Å²) in [6.07, 6.45) is 4.31. The maximum Gasteiger partial charge on any atom is 0.315 e. The maximum absolute atomic E-state index is 11.9. The van der Waals surface area contributed by atoms with Gasteiger partial charge in [-0.2, -0.15) is 11.8 Å². The molecule has 2 heterocycles. The number of rotatable bonds is 17. The van der Waals surface area contributed by atoms with E-state index in [-0.39, 0.29) is 24.0 Å². The fraction of sp³-hybridized carbons (Fsp3) is 0.810. The highest BCUT2D eigenvalue weighted by Gasteiger charge is 2.42. The van der Waals surface area contributed by atoms with Crippen LogP contribution in [0.4, 0.5) is 4.79 Å². The standard InChI is InChI=1S/C21H37N3O5S/c1-16(2)7-9-27-11-13-29-14-12-28-10-8-22-19(25)6-4-3-5-18-20-17(15-30-18)23-21(26)24-20/h17-18,20H,1,3-15H2,2H3,(H,22,25)(H2,23,24,26)/t17-,18-,20-/m0/s1. The Bertz CT molecular complexity index is 549. The molecule has 2 saturated heterocycles. The van der Waals surface area contributed by atoms with E-state index in [1.807, 2.05) is 18.7 Å². The maximum atomic E-state index is 11.9. The van der Waals surface area contributed by atoms with Gasteiger partial charge in [-0.25, -0.2) is 4.79 Å². The number of hydrogen-bond acceptors (Lipinski definition) is 6. The molecule has 0 radical (unpaired) electrons. The Labute approximate surface area is 184 Å². The lowest BCUT2D eigenvalue weighted by atomic mass is 10.0. The van der Waals surface area contributed by atoms with Crippen molar-refractivity contribution < 1.29 is 23.8 Å². The van der Waals surface area contributed by atoms with Gasteiger partial charge in [0.2, 0.25) is 5.91 Å². The molecule has 8 nitrogen and oxygen atoms in total. The van der Waals surface area contributed by atoms with Crippen molar-refractivity contribution in [3.63, 3.8) is 0 Å². The van der Waals surface area contributed by atoms with Gasteiger partial charge in [0.25, 0.3) is 0 Å². The highest BCUT2D eigenvalue weighted by Crippen LogP contribution is 2.33. The van der Waals surface area contributed by atoms with Crippen molar-refractivity contribution in [3.05, 3.63) is 12.2 Å². The third kappa shape index (κ3) is 10.1. The molecule has 0 aromatic carbocycles. The van der Waals surface area contributed by atoms with Gasteiger partial charge in [0, 0.05) is 24.0 Å². The minimum atomic E-state index is -0.0493. The number of nitrogens with one attached hydrogen (secondary N) is 3. The average Bonchev–Trinajstić information content (AvgIpc) is 3.25. The highest BCUT2D eigenvalue weighted by molar-refractivity contribution is 8.00. The quantitative estimate of drug-likeness (QED) is 0.180. The summed E-state index contributed by atoms with van der Waals surface area (Å²) in [6, 6.07) is 0.458. The van der Waals surface area contributed by atoms with E-state index < -0.39 is 0 Å². The second kappa shape index (κ2) is 14.7. The van der Waals surface area contributed by atoms with Crippen molar-refractivity contribution in [2.24, 2.45) is 0 Å². The first-order valence-electron chi connectivity index (χ1n) is 10.9. The van der Waals surface area contributed by atoms with E-state index in [0.717, 1.165) is 37.0 Å². The van der Waals surface area contributed by atoms with Crippen LogP contribution >= 0.6 is 11.8 Å². The van der Waals surface area contributed by atoms with E-state index in [1.165, 1.54) is 0 Å². The second-order valence-electron chi connectivity index (χ2n) is 7.76. The first kappa shape index (κ1) is 25.0. The van der Waals surface area contributed by atoms with E-state index in [4.69, 9.17) is 14.2 Å². The molecule has 0 saturated carbocycles. The zero-order valence-electron chi connectivity index (χ0n) is 18.1. The molecule has 2 aliphatic rings. The van der Waals surface area contributed by atoms with Crippen LogP contribution in [0, 0.1) is 0 Å². The lowest BCUT2D eigenvalue weighted by molar-refractivity contribution is -0.121. The SMILES string of the molecule is C=C(C)CCOCCOCCOCCNC(=O)CCCC[C@@H]1SC[C@@H]2NC(=O)N[C@@H]21. The third-order valence-corrected chi connectivity index (χ3v) is 6.58. The molecule has 0 unspecified atom stereocenters. The summed E-state index contributed by atoms with van der Waals surface area (Å²) in [6.45, 7) is 9.66. The molecule has 0 aliphatic carbocycles. The van der Waals surface area contributed by atoms with Crippen molar-refractivity contribution >= 4 is 23.7 Å². The molecule has 30 heavy (non-hydrogen) atoms. The van der Waals surface area contributed by atoms with Crippen molar-refractivity contribution in [2.45, 2.75) is 56.4 Å². The lowest BCUT2D eigenvalue weighted by Gasteiger charge is -2.16. The van der Waals surface area contributed by atoms with E-state index in [9.17, 15) is 9.59 Å². The van der Waals surface area contributed by atoms with Gasteiger partial charge < -0.3 is 30.2 Å². The minimum absolute atomic E-state index is 0.0493. The zero-order valence-corrected chi connectivity index (χ0v) is 18.9. The Hall–Kier alpha value is -1.29. The largest absolute Gasteiger partial charge is 0.379 e. The fourth-order valence-corrected chi connectivity index (χ4v) is 4.96. The molecule has 0 aromatic heterocycles. The van der Waals surface area contributed by atoms with Crippen LogP contribution in [-0.4, -0.2) is 81.2 Å². The van der Waals surface area contributed by atoms with Crippen molar-refractivity contribution in [2.75, 3.05) is 51.9 Å². The van der Waals surface area contributed by atoms with Crippen molar-refractivity contribution in [1.29, 1.82) is 0 Å². The molecule has 3 amide bonds. The highest BCUT2D eigenvalue weighted by atomic mass is 32.2. The summed E-state index contributed by atoms with van der Waals surface area (Å²) < 4.78 is 16.3. The normalized spacial score (nSPS) is 22.4. The van der Waals surface area contributed by atoms with Crippen LogP contribution in [0.25, 0.3) is 0 Å². The third-order valence-electron chi connectivity index (χ3n) is 5.07. The van der Waals surface area contributed by atoms with Crippen molar-refractivity contribution in [1.82, 2.24) is 16.0 Å². The van der Waals surface area contributed by atoms with Crippen LogP contribution in [0.5, 0.6) is 0 Å². The predicted molar refractivity (Wildman–Crippen MR) is 119 cm³/mol. The predicted octanol–water partition coefficient (Wildman–Crippen LogP) is 1.84. The monoisotopic (exact) mass is 443 g/mol. The van der Waals surface area contributed by atoms with Crippen LogP contribution in [0.15, 0.2) is 12.2 Å². The Kier molecular flexibility index (Phi) is 12.2. The molecule has 3 atom stereocenters. The molecule has 2 aliphatic heterocycles. The van der Waals surface area contributed by atoms with Gasteiger partial charge >= 0.3 is 6.03 Å². The van der Waals surface area contributed by atoms with Gasteiger partial charge in [-0.1, -0.05) is 12.0 Å². The summed E-state index contributed by atoms with van der Waals surface area (Å²) in [5.74, 6) is 1.04. The summed E-state index contributed by atoms with van der Waals surface area (Å²) in [5, 5.41) is 9.29. The molecule has 0 bridgehead atoms. The first-order valence-corrected chi connectivity index (χ1v) is 11.9. The fourth-order valence-electron chi connectivity index (χ4n) is 3.41. The van der Waals surface area contributed by atoms with Gasteiger partial charge in [-0.05, 0) is 26.2 Å². The lowest BCUT2D eigenvalue weighted by Crippen LogP contribution is -2.36. The van der Waals surface area contributed by atoms with E-state index >= 15 is 0 Å². The Morgan fingerprint density at radius 1 is 1.07 bits per heavy atom. The molecule has 2 fully saturated rings. The van der Waals surface area contributed by atoms with Gasteiger partial charge in [0.1, 0.15) is 0 Å². The van der Waals surface area contributed by atoms with Crippen LogP contribution in [-0.2, 0) is 19.0 Å². The number of carbonyl (C=O) groups is 2. The molecule has 0 aromatic rings. The molecule has 2 rings (SSSR count). The summed E-state index contributed by atoms with van der Waals surface area (Å²) in [4.78, 5) is 23.3. The smallest absolute Gasteiger partial charge is 0.315 e. The molecule has 9 heteroatoms. The topological polar surface area (TPSA) is 97.9 Å². The number of carbonyl (C=O) groups excluding carboxylic acids is 2. The van der Waals surface area contributed by atoms with Crippen LogP contribution in [0.3, 0.4) is 0 Å². The summed E-state index contributed by atoms with van der Waals surface area (Å²) >= 11 is 1.91. The van der Waals surface area contributed by atoms with Crippen LogP contribution in [0.1, 0.15) is 39.0 Å². The first-order chi connectivity index (χ1) is 14.6. The van der Waals surface area contributed by atoms with Gasteiger partial charge in [-0.3, -0.25) is 4.79 Å². The molecular weight excluding hydrogens is 406 g/mol. The summed E-state index contributed by atoms with van der Waals surface area (Å²) in [7, 11) is 0. The number of ether oxygens (including phenoxy) is 3.